The maximum atomic E-state index is 11.9. The van der Waals surface area contributed by atoms with E-state index < -0.39 is 6.10 Å². The monoisotopic (exact) mass is 468 g/mol. The number of ether oxygens (including phenoxy) is 2. The minimum Gasteiger partial charge on any atom is -0.493 e. The number of hydrogen-bond acceptors (Lipinski definition) is 5. The van der Waals surface area contributed by atoms with Crippen molar-refractivity contribution in [3.8, 4) is 11.5 Å². The highest BCUT2D eigenvalue weighted by molar-refractivity contribution is 14.1. The second-order valence-electron chi connectivity index (χ2n) is 5.50. The Morgan fingerprint density at radius 1 is 1.27 bits per heavy atom. The molecule has 2 rings (SSSR count). The van der Waals surface area contributed by atoms with Crippen molar-refractivity contribution >= 4 is 34.7 Å². The zero-order chi connectivity index (χ0) is 18.9. The van der Waals surface area contributed by atoms with Crippen molar-refractivity contribution in [3.05, 3.63) is 57.2 Å². The van der Waals surface area contributed by atoms with Crippen LogP contribution in [-0.2, 0) is 4.79 Å². The standard InChI is InChI=1S/C19H21IN2O4/c1-25-17-11-13(10-15(20)19(17)26-2)12-21-22-18(24)9-8-16(23)14-6-4-3-5-7-14/h3-7,10-12,16,23H,8-9H2,1-2H3,(H,22,24)/b21-12-/t16-/m1/s1. The summed E-state index contributed by atoms with van der Waals surface area (Å²) in [5, 5.41) is 14.0. The lowest BCUT2D eigenvalue weighted by atomic mass is 10.1. The number of methoxy groups -OCH3 is 2. The maximum Gasteiger partial charge on any atom is 0.240 e. The lowest BCUT2D eigenvalue weighted by Crippen LogP contribution is -2.18. The van der Waals surface area contributed by atoms with Gasteiger partial charge in [0.15, 0.2) is 11.5 Å². The van der Waals surface area contributed by atoms with E-state index in [0.717, 1.165) is 14.7 Å². The molecule has 0 saturated carbocycles. The van der Waals surface area contributed by atoms with Gasteiger partial charge in [0, 0.05) is 6.42 Å². The smallest absolute Gasteiger partial charge is 0.240 e. The highest BCUT2D eigenvalue weighted by atomic mass is 127. The van der Waals surface area contributed by atoms with E-state index in [1.165, 1.54) is 6.21 Å². The van der Waals surface area contributed by atoms with Crippen LogP contribution in [0.1, 0.15) is 30.1 Å². The van der Waals surface area contributed by atoms with Gasteiger partial charge in [0.2, 0.25) is 5.91 Å². The molecule has 2 N–H and O–H groups in total. The molecule has 0 aliphatic rings. The summed E-state index contributed by atoms with van der Waals surface area (Å²) in [6, 6.07) is 12.9. The summed E-state index contributed by atoms with van der Waals surface area (Å²) in [6.07, 6.45) is 1.38. The fourth-order valence-corrected chi connectivity index (χ4v) is 3.20. The van der Waals surface area contributed by atoms with Gasteiger partial charge in [-0.3, -0.25) is 4.79 Å². The first kappa shape index (κ1) is 20.2. The van der Waals surface area contributed by atoms with Gasteiger partial charge in [-0.25, -0.2) is 5.43 Å². The third-order valence-corrected chi connectivity index (χ3v) is 4.49. The third kappa shape index (κ3) is 5.70. The van der Waals surface area contributed by atoms with Gasteiger partial charge in [-0.1, -0.05) is 30.3 Å². The van der Waals surface area contributed by atoms with Crippen molar-refractivity contribution in [2.75, 3.05) is 14.2 Å². The fraction of sp³-hybridized carbons (Fsp3) is 0.263. The number of halogens is 1. The number of benzene rings is 2. The predicted molar refractivity (Wildman–Crippen MR) is 109 cm³/mol. The van der Waals surface area contributed by atoms with Crippen LogP contribution in [0, 0.1) is 3.57 Å². The molecule has 26 heavy (non-hydrogen) atoms. The highest BCUT2D eigenvalue weighted by Crippen LogP contribution is 2.33. The summed E-state index contributed by atoms with van der Waals surface area (Å²) in [6.45, 7) is 0. The summed E-state index contributed by atoms with van der Waals surface area (Å²) in [5.41, 5.74) is 4.04. The van der Waals surface area contributed by atoms with E-state index in [1.807, 2.05) is 36.4 Å². The Kier molecular flexibility index (Phi) is 7.86. The minimum absolute atomic E-state index is 0.177. The second kappa shape index (κ2) is 10.1. The Morgan fingerprint density at radius 2 is 2.00 bits per heavy atom. The van der Waals surface area contributed by atoms with E-state index in [4.69, 9.17) is 9.47 Å². The molecule has 0 radical (unpaired) electrons. The van der Waals surface area contributed by atoms with E-state index in [0.29, 0.717) is 17.9 Å². The van der Waals surface area contributed by atoms with Crippen LogP contribution in [0.25, 0.3) is 0 Å². The summed E-state index contributed by atoms with van der Waals surface area (Å²) in [7, 11) is 3.15. The molecule has 0 aromatic heterocycles. The Morgan fingerprint density at radius 3 is 2.65 bits per heavy atom. The molecule has 0 unspecified atom stereocenters. The molecule has 2 aromatic rings. The fourth-order valence-electron chi connectivity index (χ4n) is 2.36. The molecular weight excluding hydrogens is 447 g/mol. The van der Waals surface area contributed by atoms with Gasteiger partial charge in [0.25, 0.3) is 0 Å². The molecule has 1 amide bonds. The molecule has 138 valence electrons. The van der Waals surface area contributed by atoms with Gasteiger partial charge in [-0.15, -0.1) is 0 Å². The number of amides is 1. The van der Waals surface area contributed by atoms with Crippen LogP contribution in [0.4, 0.5) is 0 Å². The maximum absolute atomic E-state index is 11.9. The number of nitrogens with zero attached hydrogens (tertiary/aromatic N) is 1. The van der Waals surface area contributed by atoms with Crippen LogP contribution in [0.15, 0.2) is 47.6 Å². The van der Waals surface area contributed by atoms with Crippen molar-refractivity contribution in [2.24, 2.45) is 5.10 Å². The van der Waals surface area contributed by atoms with Crippen LogP contribution >= 0.6 is 22.6 Å². The molecule has 0 aliphatic carbocycles. The van der Waals surface area contributed by atoms with Crippen LogP contribution < -0.4 is 14.9 Å². The van der Waals surface area contributed by atoms with Gasteiger partial charge < -0.3 is 14.6 Å². The third-order valence-electron chi connectivity index (χ3n) is 3.69. The van der Waals surface area contributed by atoms with Gasteiger partial charge in [0.05, 0.1) is 30.1 Å². The van der Waals surface area contributed by atoms with E-state index >= 15 is 0 Å². The molecule has 2 aromatic carbocycles. The van der Waals surface area contributed by atoms with E-state index in [1.54, 1.807) is 20.3 Å². The Bertz CT molecular complexity index is 766. The molecule has 0 aliphatic heterocycles. The van der Waals surface area contributed by atoms with E-state index in [9.17, 15) is 9.90 Å². The number of hydrazone groups is 1. The lowest BCUT2D eigenvalue weighted by Gasteiger charge is -2.10. The number of aliphatic hydroxyl groups is 1. The molecule has 0 bridgehead atoms. The molecule has 7 heteroatoms. The number of carbonyl (C=O) groups excluding carboxylic acids is 1. The number of hydrogen-bond donors (Lipinski definition) is 2. The van der Waals surface area contributed by atoms with Crippen molar-refractivity contribution in [2.45, 2.75) is 18.9 Å². The van der Waals surface area contributed by atoms with E-state index in [2.05, 4.69) is 33.1 Å². The lowest BCUT2D eigenvalue weighted by molar-refractivity contribution is -0.121. The summed E-state index contributed by atoms with van der Waals surface area (Å²) >= 11 is 2.14. The van der Waals surface area contributed by atoms with Crippen LogP contribution in [0.5, 0.6) is 11.5 Å². The van der Waals surface area contributed by atoms with Gasteiger partial charge in [-0.2, -0.15) is 5.10 Å². The van der Waals surface area contributed by atoms with E-state index in [-0.39, 0.29) is 12.3 Å². The van der Waals surface area contributed by atoms with Crippen molar-refractivity contribution in [1.29, 1.82) is 0 Å². The highest BCUT2D eigenvalue weighted by Gasteiger charge is 2.11. The van der Waals surface area contributed by atoms with Crippen LogP contribution in [-0.4, -0.2) is 31.4 Å². The summed E-state index contributed by atoms with van der Waals surface area (Å²) in [4.78, 5) is 11.9. The number of nitrogens with one attached hydrogen (secondary N) is 1. The number of rotatable bonds is 8. The minimum atomic E-state index is -0.668. The topological polar surface area (TPSA) is 80.2 Å². The SMILES string of the molecule is COc1cc(/C=N\NC(=O)CC[C@@H](O)c2ccccc2)cc(I)c1OC. The van der Waals surface area contributed by atoms with Crippen LogP contribution in [0.2, 0.25) is 0 Å². The van der Waals surface area contributed by atoms with Crippen LogP contribution in [0.3, 0.4) is 0 Å². The molecule has 0 fully saturated rings. The van der Waals surface area contributed by atoms with Crippen molar-refractivity contribution < 1.29 is 19.4 Å². The quantitative estimate of drug-likeness (QED) is 0.354. The van der Waals surface area contributed by atoms with Crippen molar-refractivity contribution in [3.63, 3.8) is 0 Å². The molecule has 6 nitrogen and oxygen atoms in total. The van der Waals surface area contributed by atoms with Gasteiger partial charge >= 0.3 is 0 Å². The molecule has 0 saturated heterocycles. The largest absolute Gasteiger partial charge is 0.493 e. The van der Waals surface area contributed by atoms with Crippen molar-refractivity contribution in [1.82, 2.24) is 5.43 Å². The average molecular weight is 468 g/mol. The first-order valence-corrected chi connectivity index (χ1v) is 9.09. The molecule has 0 heterocycles. The first-order chi connectivity index (χ1) is 12.5. The molecule has 1 atom stereocenters. The predicted octanol–water partition coefficient (Wildman–Crippen LogP) is 3.27. The first-order valence-electron chi connectivity index (χ1n) is 8.01. The van der Waals surface area contributed by atoms with Gasteiger partial charge in [-0.05, 0) is 52.3 Å². The zero-order valence-corrected chi connectivity index (χ0v) is 16.8. The normalized spacial score (nSPS) is 12.0. The molecular formula is C19H21IN2O4. The second-order valence-corrected chi connectivity index (χ2v) is 6.66. The Labute approximate surface area is 166 Å². The summed E-state index contributed by atoms with van der Waals surface area (Å²) in [5.74, 6) is 0.994. The zero-order valence-electron chi connectivity index (χ0n) is 14.6. The Balaban J connectivity index is 1.88. The Hall–Kier alpha value is -2.13. The molecule has 0 spiro atoms. The number of carbonyl (C=O) groups is 1. The summed E-state index contributed by atoms with van der Waals surface area (Å²) < 4.78 is 11.4. The number of aliphatic hydroxyl groups excluding tert-OH is 1. The van der Waals surface area contributed by atoms with Gasteiger partial charge in [0.1, 0.15) is 0 Å². The average Bonchev–Trinajstić information content (AvgIpc) is 2.66.